The summed E-state index contributed by atoms with van der Waals surface area (Å²) in [5.41, 5.74) is 0. The average Bonchev–Trinajstić information content (AvgIpc) is 2.26. The molecule has 0 saturated carbocycles. The maximum atomic E-state index is 11.4. The van der Waals surface area contributed by atoms with E-state index in [1.54, 1.807) is 6.08 Å². The Balaban J connectivity index is 2.44. The van der Waals surface area contributed by atoms with Gasteiger partial charge in [-0.05, 0) is 0 Å². The van der Waals surface area contributed by atoms with Crippen LogP contribution in [0.1, 0.15) is 0 Å². The van der Waals surface area contributed by atoms with Crippen LogP contribution in [0, 0.1) is 0 Å². The second-order valence-corrected chi connectivity index (χ2v) is 3.12. The third kappa shape index (κ3) is 3.25. The summed E-state index contributed by atoms with van der Waals surface area (Å²) < 4.78 is 4.98. The van der Waals surface area contributed by atoms with Gasteiger partial charge in [0.15, 0.2) is 6.10 Å². The minimum Gasteiger partial charge on any atom is -0.479 e. The molecule has 1 rings (SSSR count). The molecule has 0 radical (unpaired) electrons. The second kappa shape index (κ2) is 5.35. The predicted octanol–water partition coefficient (Wildman–Crippen LogP) is -0.333. The van der Waals surface area contributed by atoms with E-state index < -0.39 is 12.1 Å². The van der Waals surface area contributed by atoms with Crippen LogP contribution in [0.3, 0.4) is 0 Å². The number of hydrogen-bond acceptors (Lipinski definition) is 3. The van der Waals surface area contributed by atoms with E-state index in [0.29, 0.717) is 13.1 Å². The van der Waals surface area contributed by atoms with Crippen LogP contribution in [-0.2, 0) is 9.53 Å². The third-order valence-corrected chi connectivity index (χ3v) is 2.03. The molecule has 0 spiro atoms. The lowest BCUT2D eigenvalue weighted by Crippen LogP contribution is -2.51. The van der Waals surface area contributed by atoms with Crippen molar-refractivity contribution in [3.05, 3.63) is 12.7 Å². The average molecular weight is 214 g/mol. The lowest BCUT2D eigenvalue weighted by molar-refractivity contribution is -0.154. The fraction of sp³-hybridized carbons (Fsp3) is 0.556. The predicted molar refractivity (Wildman–Crippen MR) is 52.5 cm³/mol. The third-order valence-electron chi connectivity index (χ3n) is 2.03. The molecule has 1 aliphatic heterocycles. The van der Waals surface area contributed by atoms with Gasteiger partial charge in [0, 0.05) is 13.1 Å². The second-order valence-electron chi connectivity index (χ2n) is 3.12. The normalized spacial score (nSPS) is 20.8. The summed E-state index contributed by atoms with van der Waals surface area (Å²) in [5, 5.41) is 11.3. The molecule has 1 heterocycles. The van der Waals surface area contributed by atoms with E-state index in [1.807, 2.05) is 0 Å². The minimum atomic E-state index is -1.05. The lowest BCUT2D eigenvalue weighted by atomic mass is 10.3. The molecule has 1 saturated heterocycles. The zero-order chi connectivity index (χ0) is 11.3. The minimum absolute atomic E-state index is 0.0817. The van der Waals surface area contributed by atoms with Gasteiger partial charge in [0.2, 0.25) is 0 Å². The van der Waals surface area contributed by atoms with Gasteiger partial charge in [0.05, 0.1) is 13.2 Å². The molecule has 6 heteroatoms. The molecule has 0 aromatic heterocycles. The van der Waals surface area contributed by atoms with Crippen LogP contribution < -0.4 is 5.32 Å². The Labute approximate surface area is 87.5 Å². The Morgan fingerprint density at radius 2 is 2.40 bits per heavy atom. The highest BCUT2D eigenvalue weighted by Gasteiger charge is 2.28. The summed E-state index contributed by atoms with van der Waals surface area (Å²) in [7, 11) is 0. The molecule has 84 valence electrons. The maximum absolute atomic E-state index is 11.4. The summed E-state index contributed by atoms with van der Waals surface area (Å²) >= 11 is 0. The first-order valence-corrected chi connectivity index (χ1v) is 4.63. The van der Waals surface area contributed by atoms with Crippen molar-refractivity contribution in [3.8, 4) is 0 Å². The van der Waals surface area contributed by atoms with E-state index in [-0.39, 0.29) is 19.2 Å². The number of carboxylic acid groups (broad SMARTS) is 1. The molecule has 1 atom stereocenters. The van der Waals surface area contributed by atoms with Crippen molar-refractivity contribution >= 4 is 12.0 Å². The van der Waals surface area contributed by atoms with Crippen LogP contribution in [0.25, 0.3) is 0 Å². The van der Waals surface area contributed by atoms with Gasteiger partial charge in [-0.25, -0.2) is 9.59 Å². The van der Waals surface area contributed by atoms with Crippen molar-refractivity contribution in [3.63, 3.8) is 0 Å². The van der Waals surface area contributed by atoms with Gasteiger partial charge in [-0.3, -0.25) is 0 Å². The van der Waals surface area contributed by atoms with Crippen LogP contribution in [0.2, 0.25) is 0 Å². The summed E-state index contributed by atoms with van der Waals surface area (Å²) in [4.78, 5) is 23.5. The lowest BCUT2D eigenvalue weighted by Gasteiger charge is -2.30. The molecule has 0 bridgehead atoms. The Morgan fingerprint density at radius 1 is 1.67 bits per heavy atom. The van der Waals surface area contributed by atoms with Crippen LogP contribution in [0.4, 0.5) is 4.79 Å². The van der Waals surface area contributed by atoms with Crippen molar-refractivity contribution in [1.82, 2.24) is 10.2 Å². The van der Waals surface area contributed by atoms with Crippen molar-refractivity contribution in [1.29, 1.82) is 0 Å². The number of nitrogens with one attached hydrogen (secondary N) is 1. The number of carbonyl (C=O) groups excluding carboxylic acids is 1. The molecule has 2 amide bonds. The van der Waals surface area contributed by atoms with Gasteiger partial charge < -0.3 is 20.1 Å². The van der Waals surface area contributed by atoms with Crippen LogP contribution in [0.15, 0.2) is 12.7 Å². The standard InChI is InChI=1S/C9H14N2O4/c1-2-3-10-9(14)11-4-5-15-7(6-11)8(12)13/h2,7H,1,3-6H2,(H,10,14)(H,12,13). The highest BCUT2D eigenvalue weighted by atomic mass is 16.5. The Hall–Kier alpha value is -1.56. The van der Waals surface area contributed by atoms with Crippen LogP contribution in [-0.4, -0.2) is 54.4 Å². The quantitative estimate of drug-likeness (QED) is 0.630. The SMILES string of the molecule is C=CCNC(=O)N1CCOC(C(=O)O)C1. The first-order valence-electron chi connectivity index (χ1n) is 4.63. The Morgan fingerprint density at radius 3 is 3.00 bits per heavy atom. The van der Waals surface area contributed by atoms with Gasteiger partial charge >= 0.3 is 12.0 Å². The monoisotopic (exact) mass is 214 g/mol. The molecule has 6 nitrogen and oxygen atoms in total. The number of urea groups is 1. The number of morpholine rings is 1. The Bertz CT molecular complexity index is 267. The number of nitrogens with zero attached hydrogens (tertiary/aromatic N) is 1. The summed E-state index contributed by atoms with van der Waals surface area (Å²) in [6, 6.07) is -0.288. The molecule has 1 aliphatic rings. The smallest absolute Gasteiger partial charge is 0.334 e. The summed E-state index contributed by atoms with van der Waals surface area (Å²) in [6.07, 6.45) is 0.640. The number of carbonyl (C=O) groups is 2. The van der Waals surface area contributed by atoms with E-state index in [1.165, 1.54) is 4.90 Å². The molecule has 1 unspecified atom stereocenters. The first kappa shape index (κ1) is 11.5. The number of aliphatic carboxylic acids is 1. The maximum Gasteiger partial charge on any atom is 0.334 e. The largest absolute Gasteiger partial charge is 0.479 e. The highest BCUT2D eigenvalue weighted by molar-refractivity contribution is 5.77. The van der Waals surface area contributed by atoms with Gasteiger partial charge in [-0.2, -0.15) is 0 Å². The number of carboxylic acids is 1. The van der Waals surface area contributed by atoms with Crippen molar-refractivity contribution in [2.24, 2.45) is 0 Å². The van der Waals surface area contributed by atoms with Crippen molar-refractivity contribution < 1.29 is 19.4 Å². The molecule has 1 fully saturated rings. The molecular formula is C9H14N2O4. The zero-order valence-corrected chi connectivity index (χ0v) is 8.31. The van der Waals surface area contributed by atoms with Gasteiger partial charge in [-0.15, -0.1) is 6.58 Å². The molecule has 2 N–H and O–H groups in total. The summed E-state index contributed by atoms with van der Waals surface area (Å²) in [6.45, 7) is 4.58. The number of amides is 2. The zero-order valence-electron chi connectivity index (χ0n) is 8.31. The fourth-order valence-electron chi connectivity index (χ4n) is 1.25. The number of rotatable bonds is 3. The molecular weight excluding hydrogens is 200 g/mol. The van der Waals surface area contributed by atoms with Crippen LogP contribution >= 0.6 is 0 Å². The van der Waals surface area contributed by atoms with E-state index in [0.717, 1.165) is 0 Å². The van der Waals surface area contributed by atoms with Gasteiger partial charge in [-0.1, -0.05) is 6.08 Å². The number of ether oxygens (including phenoxy) is 1. The van der Waals surface area contributed by atoms with E-state index in [2.05, 4.69) is 11.9 Å². The number of hydrogen-bond donors (Lipinski definition) is 2. The van der Waals surface area contributed by atoms with Gasteiger partial charge in [0.1, 0.15) is 0 Å². The first-order chi connectivity index (χ1) is 7.15. The molecule has 0 aromatic carbocycles. The van der Waals surface area contributed by atoms with Crippen molar-refractivity contribution in [2.45, 2.75) is 6.10 Å². The van der Waals surface area contributed by atoms with Gasteiger partial charge in [0.25, 0.3) is 0 Å². The van der Waals surface area contributed by atoms with Crippen LogP contribution in [0.5, 0.6) is 0 Å². The topological polar surface area (TPSA) is 78.9 Å². The fourth-order valence-corrected chi connectivity index (χ4v) is 1.25. The summed E-state index contributed by atoms with van der Waals surface area (Å²) in [5.74, 6) is -1.05. The molecule has 0 aliphatic carbocycles. The Kier molecular flexibility index (Phi) is 4.11. The van der Waals surface area contributed by atoms with E-state index in [4.69, 9.17) is 9.84 Å². The highest BCUT2D eigenvalue weighted by Crippen LogP contribution is 2.05. The molecule has 0 aromatic rings. The van der Waals surface area contributed by atoms with Crippen molar-refractivity contribution in [2.75, 3.05) is 26.2 Å². The van der Waals surface area contributed by atoms with E-state index >= 15 is 0 Å². The molecule has 15 heavy (non-hydrogen) atoms. The van der Waals surface area contributed by atoms with E-state index in [9.17, 15) is 9.59 Å².